The van der Waals surface area contributed by atoms with E-state index in [0.29, 0.717) is 38.3 Å². The van der Waals surface area contributed by atoms with Crippen molar-refractivity contribution in [1.29, 1.82) is 0 Å². The molecule has 0 atom stereocenters. The number of carbonyl (C=O) groups excluding carboxylic acids is 2. The van der Waals surface area contributed by atoms with Crippen molar-refractivity contribution in [1.82, 2.24) is 15.2 Å². The van der Waals surface area contributed by atoms with Crippen molar-refractivity contribution >= 4 is 17.5 Å². The zero-order valence-corrected chi connectivity index (χ0v) is 14.9. The van der Waals surface area contributed by atoms with Crippen LogP contribution in [0.1, 0.15) is 20.8 Å². The number of hydrogen-bond donors (Lipinski definition) is 1. The van der Waals surface area contributed by atoms with E-state index in [1.165, 1.54) is 24.4 Å². The van der Waals surface area contributed by atoms with Gasteiger partial charge in [-0.1, -0.05) is 6.08 Å². The molecule has 6 nitrogen and oxygen atoms in total. The van der Waals surface area contributed by atoms with Gasteiger partial charge in [0.15, 0.2) is 0 Å². The number of aromatic nitrogens is 1. The number of benzene rings is 1. The van der Waals surface area contributed by atoms with Crippen molar-refractivity contribution in [2.45, 2.75) is 0 Å². The van der Waals surface area contributed by atoms with E-state index >= 15 is 0 Å². The van der Waals surface area contributed by atoms with Crippen LogP contribution in [0.4, 0.5) is 10.1 Å². The van der Waals surface area contributed by atoms with Crippen LogP contribution in [0.15, 0.2) is 55.3 Å². The number of piperazine rings is 1. The number of rotatable bonds is 5. The third kappa shape index (κ3) is 4.49. The summed E-state index contributed by atoms with van der Waals surface area (Å²) in [6.07, 6.45) is 3.04. The second-order valence-electron chi connectivity index (χ2n) is 6.18. The van der Waals surface area contributed by atoms with Gasteiger partial charge in [0.25, 0.3) is 11.8 Å². The maximum Gasteiger partial charge on any atom is 0.270 e. The van der Waals surface area contributed by atoms with E-state index in [-0.39, 0.29) is 23.3 Å². The minimum Gasteiger partial charge on any atom is -0.368 e. The van der Waals surface area contributed by atoms with Crippen LogP contribution in [0.3, 0.4) is 0 Å². The average Bonchev–Trinajstić information content (AvgIpc) is 2.72. The van der Waals surface area contributed by atoms with E-state index in [1.807, 2.05) is 0 Å². The molecule has 0 bridgehead atoms. The van der Waals surface area contributed by atoms with Crippen LogP contribution in [-0.2, 0) is 0 Å². The molecule has 1 fully saturated rings. The Morgan fingerprint density at radius 3 is 2.52 bits per heavy atom. The molecule has 1 aliphatic rings. The van der Waals surface area contributed by atoms with Crippen LogP contribution < -0.4 is 10.2 Å². The molecule has 1 aromatic heterocycles. The molecule has 7 heteroatoms. The number of anilines is 1. The standard InChI is InChI=1S/C20H21FN4O2/c1-2-8-23-19(26)18-14-15(7-9-22-18)20(27)25-12-10-24(11-13-25)17-5-3-16(21)4-6-17/h2-7,9,14H,1,8,10-13H2,(H,23,26). The normalized spacial score (nSPS) is 14.0. The van der Waals surface area contributed by atoms with Gasteiger partial charge in [0.1, 0.15) is 11.5 Å². The largest absolute Gasteiger partial charge is 0.368 e. The highest BCUT2D eigenvalue weighted by molar-refractivity contribution is 5.98. The minimum atomic E-state index is -0.342. The van der Waals surface area contributed by atoms with Crippen LogP contribution in [0.5, 0.6) is 0 Å². The highest BCUT2D eigenvalue weighted by Crippen LogP contribution is 2.18. The smallest absolute Gasteiger partial charge is 0.270 e. The summed E-state index contributed by atoms with van der Waals surface area (Å²) in [5.41, 5.74) is 1.57. The second-order valence-corrected chi connectivity index (χ2v) is 6.18. The first kappa shape index (κ1) is 18.6. The molecular formula is C20H21FN4O2. The van der Waals surface area contributed by atoms with Gasteiger partial charge in [0.05, 0.1) is 0 Å². The van der Waals surface area contributed by atoms with Crippen molar-refractivity contribution < 1.29 is 14.0 Å². The molecular weight excluding hydrogens is 347 g/mol. The van der Waals surface area contributed by atoms with Crippen molar-refractivity contribution in [2.75, 3.05) is 37.6 Å². The molecule has 0 unspecified atom stereocenters. The molecule has 0 spiro atoms. The van der Waals surface area contributed by atoms with Gasteiger partial charge >= 0.3 is 0 Å². The van der Waals surface area contributed by atoms with Gasteiger partial charge in [0, 0.05) is 50.2 Å². The Kier molecular flexibility index (Phi) is 5.80. The quantitative estimate of drug-likeness (QED) is 0.821. The van der Waals surface area contributed by atoms with Gasteiger partial charge in [-0.05, 0) is 36.4 Å². The van der Waals surface area contributed by atoms with E-state index < -0.39 is 0 Å². The molecule has 0 aliphatic carbocycles. The summed E-state index contributed by atoms with van der Waals surface area (Å²) < 4.78 is 13.1. The lowest BCUT2D eigenvalue weighted by molar-refractivity contribution is 0.0746. The summed E-state index contributed by atoms with van der Waals surface area (Å²) in [5, 5.41) is 2.64. The SMILES string of the molecule is C=CCNC(=O)c1cc(C(=O)N2CCN(c3ccc(F)cc3)CC2)ccn1. The summed E-state index contributed by atoms with van der Waals surface area (Å²) in [4.78, 5) is 32.6. The maximum absolute atomic E-state index is 13.1. The van der Waals surface area contributed by atoms with Crippen molar-refractivity contribution in [3.8, 4) is 0 Å². The monoisotopic (exact) mass is 368 g/mol. The summed E-state index contributed by atoms with van der Waals surface area (Å²) in [6.45, 7) is 6.31. The van der Waals surface area contributed by atoms with Gasteiger partial charge < -0.3 is 15.1 Å². The number of nitrogens with zero attached hydrogens (tertiary/aromatic N) is 3. The average molecular weight is 368 g/mol. The Balaban J connectivity index is 1.63. The third-order valence-electron chi connectivity index (χ3n) is 4.41. The Morgan fingerprint density at radius 2 is 1.85 bits per heavy atom. The van der Waals surface area contributed by atoms with Crippen molar-refractivity contribution in [3.05, 3.63) is 72.3 Å². The van der Waals surface area contributed by atoms with Gasteiger partial charge in [-0.25, -0.2) is 4.39 Å². The van der Waals surface area contributed by atoms with Gasteiger partial charge in [-0.2, -0.15) is 0 Å². The molecule has 2 aromatic rings. The molecule has 1 aromatic carbocycles. The van der Waals surface area contributed by atoms with E-state index in [2.05, 4.69) is 21.8 Å². The minimum absolute atomic E-state index is 0.131. The molecule has 1 saturated heterocycles. The predicted molar refractivity (Wildman–Crippen MR) is 101 cm³/mol. The summed E-state index contributed by atoms with van der Waals surface area (Å²) in [5.74, 6) is -0.738. The molecule has 2 heterocycles. The Bertz CT molecular complexity index is 830. The zero-order chi connectivity index (χ0) is 19.2. The van der Waals surface area contributed by atoms with Gasteiger partial charge in [-0.15, -0.1) is 6.58 Å². The van der Waals surface area contributed by atoms with Gasteiger partial charge in [-0.3, -0.25) is 14.6 Å². The van der Waals surface area contributed by atoms with Crippen LogP contribution >= 0.6 is 0 Å². The Morgan fingerprint density at radius 1 is 1.15 bits per heavy atom. The van der Waals surface area contributed by atoms with E-state index in [0.717, 1.165) is 5.69 Å². The fourth-order valence-corrected chi connectivity index (χ4v) is 2.95. The first-order valence-corrected chi connectivity index (χ1v) is 8.73. The molecule has 27 heavy (non-hydrogen) atoms. The number of nitrogens with one attached hydrogen (secondary N) is 1. The van der Waals surface area contributed by atoms with Crippen molar-refractivity contribution in [2.24, 2.45) is 0 Å². The fourth-order valence-electron chi connectivity index (χ4n) is 2.95. The fraction of sp³-hybridized carbons (Fsp3) is 0.250. The van der Waals surface area contributed by atoms with Gasteiger partial charge in [0.2, 0.25) is 0 Å². The van der Waals surface area contributed by atoms with E-state index in [4.69, 9.17) is 0 Å². The Hall–Kier alpha value is -3.22. The van der Waals surface area contributed by atoms with Crippen LogP contribution in [0, 0.1) is 5.82 Å². The zero-order valence-electron chi connectivity index (χ0n) is 14.9. The summed E-state index contributed by atoms with van der Waals surface area (Å²) in [6, 6.07) is 9.46. The van der Waals surface area contributed by atoms with Crippen molar-refractivity contribution in [3.63, 3.8) is 0 Å². The molecule has 3 rings (SSSR count). The lowest BCUT2D eigenvalue weighted by Gasteiger charge is -2.36. The van der Waals surface area contributed by atoms with Crippen LogP contribution in [0.2, 0.25) is 0 Å². The lowest BCUT2D eigenvalue weighted by Crippen LogP contribution is -2.48. The highest BCUT2D eigenvalue weighted by atomic mass is 19.1. The molecule has 2 amide bonds. The van der Waals surface area contributed by atoms with Crippen LogP contribution in [-0.4, -0.2) is 54.4 Å². The summed E-state index contributed by atoms with van der Waals surface area (Å²) >= 11 is 0. The number of pyridine rings is 1. The molecule has 140 valence electrons. The second kappa shape index (κ2) is 8.44. The van der Waals surface area contributed by atoms with Crippen LogP contribution in [0.25, 0.3) is 0 Å². The van der Waals surface area contributed by atoms with E-state index in [9.17, 15) is 14.0 Å². The summed E-state index contributed by atoms with van der Waals surface area (Å²) in [7, 11) is 0. The lowest BCUT2D eigenvalue weighted by atomic mass is 10.1. The molecule has 1 aliphatic heterocycles. The number of carbonyl (C=O) groups is 2. The van der Waals surface area contributed by atoms with E-state index in [1.54, 1.807) is 29.2 Å². The first-order chi connectivity index (χ1) is 13.1. The molecule has 0 radical (unpaired) electrons. The number of hydrogen-bond acceptors (Lipinski definition) is 4. The third-order valence-corrected chi connectivity index (χ3v) is 4.41. The maximum atomic E-state index is 13.1. The number of amides is 2. The number of halogens is 1. The molecule has 0 saturated carbocycles. The molecule has 1 N–H and O–H groups in total. The topological polar surface area (TPSA) is 65.5 Å². The Labute approximate surface area is 157 Å². The predicted octanol–water partition coefficient (Wildman–Crippen LogP) is 2.10. The first-order valence-electron chi connectivity index (χ1n) is 8.73. The highest BCUT2D eigenvalue weighted by Gasteiger charge is 2.23.